The summed E-state index contributed by atoms with van der Waals surface area (Å²) in [7, 11) is 0. The van der Waals surface area contributed by atoms with Crippen molar-refractivity contribution in [2.75, 3.05) is 19.8 Å². The van der Waals surface area contributed by atoms with Gasteiger partial charge in [0.05, 0.1) is 6.61 Å². The van der Waals surface area contributed by atoms with Gasteiger partial charge < -0.3 is 15.2 Å². The summed E-state index contributed by atoms with van der Waals surface area (Å²) in [5.74, 6) is -1.60. The van der Waals surface area contributed by atoms with Crippen molar-refractivity contribution in [3.8, 4) is 5.75 Å². The summed E-state index contributed by atoms with van der Waals surface area (Å²) in [5, 5.41) is 11.7. The van der Waals surface area contributed by atoms with Gasteiger partial charge in [0.15, 0.2) is 17.4 Å². The molecular weight excluding hydrogens is 276 g/mol. The van der Waals surface area contributed by atoms with Crippen molar-refractivity contribution in [1.29, 1.82) is 0 Å². The van der Waals surface area contributed by atoms with E-state index in [-0.39, 0.29) is 19.0 Å². The summed E-state index contributed by atoms with van der Waals surface area (Å²) in [5.41, 5.74) is 0.578. The SMILES string of the molecule is CCCNCc1cc(F)c(OCCCCCCO)c(F)c1. The maximum Gasteiger partial charge on any atom is 0.190 e. The van der Waals surface area contributed by atoms with E-state index in [9.17, 15) is 8.78 Å². The number of rotatable bonds is 11. The Morgan fingerprint density at radius 3 is 2.38 bits per heavy atom. The van der Waals surface area contributed by atoms with Crippen LogP contribution in [0.5, 0.6) is 5.75 Å². The summed E-state index contributed by atoms with van der Waals surface area (Å²) >= 11 is 0. The molecule has 5 heteroatoms. The first-order chi connectivity index (χ1) is 10.2. The zero-order valence-electron chi connectivity index (χ0n) is 12.6. The highest BCUT2D eigenvalue weighted by molar-refractivity contribution is 5.31. The Morgan fingerprint density at radius 1 is 1.10 bits per heavy atom. The second kappa shape index (κ2) is 10.5. The lowest BCUT2D eigenvalue weighted by Gasteiger charge is -2.10. The van der Waals surface area contributed by atoms with E-state index in [1.54, 1.807) is 0 Å². The fourth-order valence-electron chi connectivity index (χ4n) is 2.00. The molecule has 0 saturated heterocycles. The van der Waals surface area contributed by atoms with Gasteiger partial charge in [-0.05, 0) is 49.9 Å². The van der Waals surface area contributed by atoms with Crippen molar-refractivity contribution in [2.24, 2.45) is 0 Å². The number of ether oxygens (including phenoxy) is 1. The van der Waals surface area contributed by atoms with Crippen LogP contribution in [-0.2, 0) is 6.54 Å². The maximum atomic E-state index is 13.8. The van der Waals surface area contributed by atoms with Gasteiger partial charge >= 0.3 is 0 Å². The highest BCUT2D eigenvalue weighted by Gasteiger charge is 2.12. The lowest BCUT2D eigenvalue weighted by Crippen LogP contribution is -2.14. The Kier molecular flexibility index (Phi) is 8.94. The fourth-order valence-corrected chi connectivity index (χ4v) is 2.00. The van der Waals surface area contributed by atoms with E-state index in [1.807, 2.05) is 6.92 Å². The van der Waals surface area contributed by atoms with Crippen LogP contribution in [0.25, 0.3) is 0 Å². The van der Waals surface area contributed by atoms with Crippen LogP contribution in [0.3, 0.4) is 0 Å². The van der Waals surface area contributed by atoms with Crippen LogP contribution >= 0.6 is 0 Å². The topological polar surface area (TPSA) is 41.5 Å². The zero-order chi connectivity index (χ0) is 15.5. The third kappa shape index (κ3) is 6.87. The standard InChI is InChI=1S/C16H25F2NO2/c1-2-7-19-12-13-10-14(17)16(15(18)11-13)21-9-6-4-3-5-8-20/h10-11,19-20H,2-9,12H2,1H3. The number of nitrogens with one attached hydrogen (secondary N) is 1. The number of hydrogen-bond acceptors (Lipinski definition) is 3. The number of aliphatic hydroxyl groups excluding tert-OH is 1. The third-order valence-electron chi connectivity index (χ3n) is 3.11. The summed E-state index contributed by atoms with van der Waals surface area (Å²) in [4.78, 5) is 0. The predicted octanol–water partition coefficient (Wildman–Crippen LogP) is 3.40. The molecule has 0 bridgehead atoms. The Labute approximate surface area is 125 Å². The van der Waals surface area contributed by atoms with Gasteiger partial charge in [-0.2, -0.15) is 0 Å². The summed E-state index contributed by atoms with van der Waals surface area (Å²) in [6.07, 6.45) is 4.22. The van der Waals surface area contributed by atoms with E-state index >= 15 is 0 Å². The van der Waals surface area contributed by atoms with Crippen molar-refractivity contribution in [1.82, 2.24) is 5.32 Å². The molecule has 0 aliphatic carbocycles. The molecule has 0 radical (unpaired) electrons. The van der Waals surface area contributed by atoms with Crippen LogP contribution in [0.4, 0.5) is 8.78 Å². The largest absolute Gasteiger partial charge is 0.488 e. The molecule has 0 amide bonds. The molecular formula is C16H25F2NO2. The van der Waals surface area contributed by atoms with Gasteiger partial charge in [0.1, 0.15) is 0 Å². The van der Waals surface area contributed by atoms with E-state index in [2.05, 4.69) is 5.32 Å². The average Bonchev–Trinajstić information content (AvgIpc) is 2.45. The number of halogens is 2. The van der Waals surface area contributed by atoms with Gasteiger partial charge in [0.25, 0.3) is 0 Å². The minimum Gasteiger partial charge on any atom is -0.488 e. The van der Waals surface area contributed by atoms with Crippen LogP contribution in [0.2, 0.25) is 0 Å². The lowest BCUT2D eigenvalue weighted by atomic mass is 10.2. The quantitative estimate of drug-likeness (QED) is 0.616. The number of aliphatic hydroxyl groups is 1. The van der Waals surface area contributed by atoms with Gasteiger partial charge in [-0.3, -0.25) is 0 Å². The van der Waals surface area contributed by atoms with Crippen molar-refractivity contribution in [2.45, 2.75) is 45.6 Å². The second-order valence-corrected chi connectivity index (χ2v) is 5.05. The van der Waals surface area contributed by atoms with E-state index in [1.165, 1.54) is 12.1 Å². The lowest BCUT2D eigenvalue weighted by molar-refractivity contribution is 0.263. The molecule has 0 heterocycles. The van der Waals surface area contributed by atoms with E-state index in [0.717, 1.165) is 38.6 Å². The maximum absolute atomic E-state index is 13.8. The van der Waals surface area contributed by atoms with Crippen LogP contribution < -0.4 is 10.1 Å². The summed E-state index contributed by atoms with van der Waals surface area (Å²) in [6.45, 7) is 3.76. The molecule has 0 spiro atoms. The molecule has 120 valence electrons. The molecule has 0 aromatic heterocycles. The third-order valence-corrected chi connectivity index (χ3v) is 3.11. The molecule has 3 nitrogen and oxygen atoms in total. The molecule has 1 aromatic carbocycles. The van der Waals surface area contributed by atoms with Crippen molar-refractivity contribution in [3.63, 3.8) is 0 Å². The van der Waals surface area contributed by atoms with E-state index in [0.29, 0.717) is 12.1 Å². The smallest absolute Gasteiger partial charge is 0.190 e. The Hall–Kier alpha value is -1.20. The summed E-state index contributed by atoms with van der Waals surface area (Å²) in [6, 6.07) is 2.62. The summed E-state index contributed by atoms with van der Waals surface area (Å²) < 4.78 is 32.8. The first-order valence-electron chi connectivity index (χ1n) is 7.61. The Morgan fingerprint density at radius 2 is 1.76 bits per heavy atom. The van der Waals surface area contributed by atoms with E-state index in [4.69, 9.17) is 9.84 Å². The molecule has 0 saturated carbocycles. The minimum absolute atomic E-state index is 0.178. The number of unbranched alkanes of at least 4 members (excludes halogenated alkanes) is 3. The monoisotopic (exact) mass is 301 g/mol. The molecule has 0 aliphatic rings. The van der Waals surface area contributed by atoms with Crippen LogP contribution in [-0.4, -0.2) is 24.9 Å². The molecule has 0 fully saturated rings. The van der Waals surface area contributed by atoms with Gasteiger partial charge in [-0.25, -0.2) is 8.78 Å². The van der Waals surface area contributed by atoms with Gasteiger partial charge in [0, 0.05) is 13.2 Å². The highest BCUT2D eigenvalue weighted by Crippen LogP contribution is 2.23. The fraction of sp³-hybridized carbons (Fsp3) is 0.625. The average molecular weight is 301 g/mol. The normalized spacial score (nSPS) is 10.9. The first-order valence-corrected chi connectivity index (χ1v) is 7.61. The number of benzene rings is 1. The van der Waals surface area contributed by atoms with Gasteiger partial charge in [-0.15, -0.1) is 0 Å². The van der Waals surface area contributed by atoms with Crippen molar-refractivity contribution >= 4 is 0 Å². The van der Waals surface area contributed by atoms with Crippen LogP contribution in [0, 0.1) is 11.6 Å². The molecule has 0 aliphatic heterocycles. The van der Waals surface area contributed by atoms with Crippen molar-refractivity contribution in [3.05, 3.63) is 29.3 Å². The Bertz CT molecular complexity index is 390. The molecule has 2 N–H and O–H groups in total. The predicted molar refractivity (Wildman–Crippen MR) is 79.4 cm³/mol. The molecule has 0 atom stereocenters. The minimum atomic E-state index is -0.654. The van der Waals surface area contributed by atoms with Crippen molar-refractivity contribution < 1.29 is 18.6 Å². The molecule has 1 aromatic rings. The van der Waals surface area contributed by atoms with Crippen LogP contribution in [0.15, 0.2) is 12.1 Å². The first kappa shape index (κ1) is 17.9. The highest BCUT2D eigenvalue weighted by atomic mass is 19.1. The van der Waals surface area contributed by atoms with Gasteiger partial charge in [0.2, 0.25) is 0 Å². The molecule has 1 rings (SSSR count). The molecule has 0 unspecified atom stereocenters. The van der Waals surface area contributed by atoms with Gasteiger partial charge in [-0.1, -0.05) is 13.3 Å². The Balaban J connectivity index is 2.43. The van der Waals surface area contributed by atoms with E-state index < -0.39 is 11.6 Å². The van der Waals surface area contributed by atoms with Crippen LogP contribution in [0.1, 0.15) is 44.6 Å². The molecule has 21 heavy (non-hydrogen) atoms. The number of hydrogen-bond donors (Lipinski definition) is 2. The zero-order valence-corrected chi connectivity index (χ0v) is 12.6. The second-order valence-electron chi connectivity index (χ2n) is 5.05.